The maximum absolute atomic E-state index is 13.6. The van der Waals surface area contributed by atoms with Gasteiger partial charge in [-0.25, -0.2) is 0 Å². The Hall–Kier alpha value is -2.61. The summed E-state index contributed by atoms with van der Waals surface area (Å²) in [6.45, 7) is 6.81. The number of rotatable bonds is 3. The minimum absolute atomic E-state index is 0.0301. The molecule has 8 heteroatoms. The van der Waals surface area contributed by atoms with Gasteiger partial charge < -0.3 is 14.9 Å². The monoisotopic (exact) mass is 446 g/mol. The third kappa shape index (κ3) is 2.12. The van der Waals surface area contributed by atoms with Gasteiger partial charge in [-0.05, 0) is 27.7 Å². The van der Waals surface area contributed by atoms with E-state index in [1.807, 2.05) is 0 Å². The second-order valence-corrected chi connectivity index (χ2v) is 8.07. The van der Waals surface area contributed by atoms with Crippen molar-refractivity contribution in [1.82, 2.24) is 9.78 Å². The number of carbonyl (C=O) groups is 2. The molecule has 0 saturated heterocycles. The van der Waals surface area contributed by atoms with Crippen LogP contribution in [0.15, 0.2) is 5.76 Å². The number of aromatic nitrogens is 2. The molecule has 7 nitrogen and oxygen atoms in total. The molecule has 28 heavy (non-hydrogen) atoms. The number of carbonyl (C=O) groups excluding carboxylic acids is 2. The van der Waals surface area contributed by atoms with Gasteiger partial charge in [-0.15, -0.1) is 0 Å². The van der Waals surface area contributed by atoms with E-state index in [9.17, 15) is 19.8 Å². The molecule has 1 aromatic carbocycles. The van der Waals surface area contributed by atoms with Crippen LogP contribution in [-0.2, 0) is 12.0 Å². The molecular formula is C20H19BrN2O5. The first-order valence-electron chi connectivity index (χ1n) is 8.82. The Morgan fingerprint density at radius 1 is 1.32 bits per heavy atom. The van der Waals surface area contributed by atoms with Crippen LogP contribution in [0.5, 0.6) is 17.2 Å². The Labute approximate surface area is 169 Å². The van der Waals surface area contributed by atoms with Crippen molar-refractivity contribution >= 4 is 33.6 Å². The molecule has 2 aliphatic rings. The number of hydrogen-bond acceptors (Lipinski definition) is 6. The number of phenolic OH excluding ortho intramolecular Hbond substituents is 2. The third-order valence-corrected chi connectivity index (χ3v) is 5.96. The van der Waals surface area contributed by atoms with Gasteiger partial charge in [0.25, 0.3) is 0 Å². The lowest BCUT2D eigenvalue weighted by molar-refractivity contribution is 0.0905. The van der Waals surface area contributed by atoms with E-state index < -0.39 is 11.2 Å². The molecule has 1 atom stereocenters. The fourth-order valence-corrected chi connectivity index (χ4v) is 4.44. The highest BCUT2D eigenvalue weighted by Crippen LogP contribution is 2.58. The minimum Gasteiger partial charge on any atom is -0.507 e. The molecule has 0 radical (unpaired) electrons. The predicted molar refractivity (Wildman–Crippen MR) is 106 cm³/mol. The van der Waals surface area contributed by atoms with E-state index in [4.69, 9.17) is 4.74 Å². The topological polar surface area (TPSA) is 102 Å². The Bertz CT molecular complexity index is 1110. The molecule has 2 heterocycles. The van der Waals surface area contributed by atoms with Crippen molar-refractivity contribution in [3.63, 3.8) is 0 Å². The number of allylic oxidation sites excluding steroid dienone is 1. The van der Waals surface area contributed by atoms with Crippen LogP contribution in [0.1, 0.15) is 57.1 Å². The molecule has 0 fully saturated rings. The number of fused-ring (bicyclic) bond motifs is 4. The van der Waals surface area contributed by atoms with Crippen LogP contribution in [0.25, 0.3) is 6.08 Å². The number of ketones is 2. The van der Waals surface area contributed by atoms with Gasteiger partial charge in [0.1, 0.15) is 34.0 Å². The van der Waals surface area contributed by atoms with Crippen molar-refractivity contribution in [2.24, 2.45) is 0 Å². The number of ether oxygens (including phenoxy) is 1. The van der Waals surface area contributed by atoms with Crippen molar-refractivity contribution in [3.8, 4) is 17.2 Å². The van der Waals surface area contributed by atoms with Crippen molar-refractivity contribution in [3.05, 3.63) is 39.4 Å². The average Bonchev–Trinajstić information content (AvgIpc) is 3.09. The van der Waals surface area contributed by atoms with E-state index >= 15 is 0 Å². The number of phenols is 2. The van der Waals surface area contributed by atoms with Gasteiger partial charge >= 0.3 is 0 Å². The van der Waals surface area contributed by atoms with Gasteiger partial charge in [-0.3, -0.25) is 14.3 Å². The van der Waals surface area contributed by atoms with Crippen LogP contribution in [0, 0.1) is 13.8 Å². The summed E-state index contributed by atoms with van der Waals surface area (Å²) in [7, 11) is 0. The van der Waals surface area contributed by atoms with Crippen LogP contribution in [0.2, 0.25) is 0 Å². The van der Waals surface area contributed by atoms with Gasteiger partial charge in [0, 0.05) is 17.0 Å². The summed E-state index contributed by atoms with van der Waals surface area (Å²) in [5, 5.41) is 26.3. The summed E-state index contributed by atoms with van der Waals surface area (Å²) in [6.07, 6.45) is 1.73. The maximum atomic E-state index is 13.6. The van der Waals surface area contributed by atoms with Gasteiger partial charge in [0.2, 0.25) is 0 Å². The number of hydrogen-bond donors (Lipinski definition) is 2. The Kier molecular flexibility index (Phi) is 3.98. The standard InChI is InChI=1S/C20H19BrN2O5/c1-8-16(25)14(10(3)24)18-15(17(8)26)20(4)12(28-18)7-11-13(19(20)27)9(2)22-23(11)6-5-21/h7,25-26H,5-6H2,1-4H3/t20-/m0/s1. The predicted octanol–water partition coefficient (Wildman–Crippen LogP) is 3.40. The summed E-state index contributed by atoms with van der Waals surface area (Å²) in [5.74, 6) is -0.904. The molecule has 0 spiro atoms. The normalized spacial score (nSPS) is 19.6. The first kappa shape index (κ1) is 18.7. The summed E-state index contributed by atoms with van der Waals surface area (Å²) >= 11 is 3.38. The fourth-order valence-electron chi connectivity index (χ4n) is 4.11. The molecule has 2 N–H and O–H groups in total. The summed E-state index contributed by atoms with van der Waals surface area (Å²) in [4.78, 5) is 25.8. The lowest BCUT2D eigenvalue weighted by Crippen LogP contribution is -2.36. The lowest BCUT2D eigenvalue weighted by atomic mass is 9.71. The maximum Gasteiger partial charge on any atom is 0.185 e. The van der Waals surface area contributed by atoms with Crippen molar-refractivity contribution < 1.29 is 24.5 Å². The van der Waals surface area contributed by atoms with E-state index in [1.54, 1.807) is 24.6 Å². The van der Waals surface area contributed by atoms with Crippen molar-refractivity contribution in [2.75, 3.05) is 5.33 Å². The highest BCUT2D eigenvalue weighted by atomic mass is 79.9. The molecule has 1 aliphatic carbocycles. The highest BCUT2D eigenvalue weighted by Gasteiger charge is 2.55. The Morgan fingerprint density at radius 2 is 2.00 bits per heavy atom. The first-order chi connectivity index (χ1) is 13.1. The molecule has 2 aromatic rings. The summed E-state index contributed by atoms with van der Waals surface area (Å²) in [6, 6.07) is 0. The number of halogens is 1. The SMILES string of the molecule is CC(=O)c1c(O)c(C)c(O)c2c1OC1=Cc3c(c(C)nn3CCBr)C(=O)[C@@]12C. The number of benzene rings is 1. The van der Waals surface area contributed by atoms with E-state index in [0.717, 1.165) is 0 Å². The van der Waals surface area contributed by atoms with E-state index in [1.165, 1.54) is 13.8 Å². The minimum atomic E-state index is -1.30. The zero-order valence-corrected chi connectivity index (χ0v) is 17.5. The number of alkyl halides is 1. The lowest BCUT2D eigenvalue weighted by Gasteiger charge is -2.27. The molecule has 1 aliphatic heterocycles. The Balaban J connectivity index is 2.05. The number of aromatic hydroxyl groups is 2. The first-order valence-corrected chi connectivity index (χ1v) is 9.94. The Morgan fingerprint density at radius 3 is 2.61 bits per heavy atom. The molecule has 0 amide bonds. The molecule has 146 valence electrons. The average molecular weight is 447 g/mol. The quantitative estimate of drug-likeness (QED) is 0.553. The van der Waals surface area contributed by atoms with Crippen LogP contribution in [-0.4, -0.2) is 36.9 Å². The van der Waals surface area contributed by atoms with E-state index in [0.29, 0.717) is 34.6 Å². The third-order valence-electron chi connectivity index (χ3n) is 5.61. The largest absolute Gasteiger partial charge is 0.507 e. The molecule has 1 aromatic heterocycles. The fraction of sp³-hybridized carbons (Fsp3) is 0.350. The number of nitrogens with zero attached hydrogens (tertiary/aromatic N) is 2. The number of aryl methyl sites for hydroxylation is 2. The molecular weight excluding hydrogens is 428 g/mol. The summed E-state index contributed by atoms with van der Waals surface area (Å²) in [5.41, 5.74) is 0.709. The van der Waals surface area contributed by atoms with Gasteiger partial charge in [0.15, 0.2) is 11.6 Å². The van der Waals surface area contributed by atoms with E-state index in [-0.39, 0.29) is 39.7 Å². The van der Waals surface area contributed by atoms with Gasteiger partial charge in [-0.1, -0.05) is 15.9 Å². The van der Waals surface area contributed by atoms with Crippen LogP contribution >= 0.6 is 15.9 Å². The van der Waals surface area contributed by atoms with Gasteiger partial charge in [0.05, 0.1) is 29.1 Å². The molecule has 0 unspecified atom stereocenters. The second kappa shape index (κ2) is 5.94. The smallest absolute Gasteiger partial charge is 0.185 e. The molecule has 0 saturated carbocycles. The molecule has 0 bridgehead atoms. The van der Waals surface area contributed by atoms with Crippen molar-refractivity contribution in [2.45, 2.75) is 39.7 Å². The van der Waals surface area contributed by atoms with Crippen LogP contribution in [0.3, 0.4) is 0 Å². The van der Waals surface area contributed by atoms with Crippen molar-refractivity contribution in [1.29, 1.82) is 0 Å². The zero-order valence-electron chi connectivity index (χ0n) is 15.9. The second-order valence-electron chi connectivity index (χ2n) is 7.28. The van der Waals surface area contributed by atoms with Gasteiger partial charge in [-0.2, -0.15) is 5.10 Å². The van der Waals surface area contributed by atoms with Crippen LogP contribution < -0.4 is 4.74 Å². The highest BCUT2D eigenvalue weighted by molar-refractivity contribution is 9.09. The van der Waals surface area contributed by atoms with Crippen LogP contribution in [0.4, 0.5) is 0 Å². The zero-order chi connectivity index (χ0) is 20.5. The summed E-state index contributed by atoms with van der Waals surface area (Å²) < 4.78 is 7.67. The number of Topliss-reactive ketones (excluding diaryl/α,β-unsaturated/α-hetero) is 2. The van der Waals surface area contributed by atoms with E-state index in [2.05, 4.69) is 21.0 Å². The molecule has 4 rings (SSSR count).